The number of aromatic carboxylic acids is 1. The number of pyridine rings is 1. The highest BCUT2D eigenvalue weighted by Gasteiger charge is 2.20. The van der Waals surface area contributed by atoms with E-state index in [1.807, 2.05) is 32.0 Å². The monoisotopic (exact) mass is 288 g/mol. The third-order valence-electron chi connectivity index (χ3n) is 3.51. The Morgan fingerprint density at radius 3 is 2.71 bits per heavy atom. The summed E-state index contributed by atoms with van der Waals surface area (Å²) in [5.74, 6) is -0.416. The van der Waals surface area contributed by atoms with Crippen LogP contribution in [-0.4, -0.2) is 27.5 Å². The van der Waals surface area contributed by atoms with E-state index in [1.54, 1.807) is 6.07 Å². The summed E-state index contributed by atoms with van der Waals surface area (Å²) >= 11 is 0. The van der Waals surface area contributed by atoms with Gasteiger partial charge >= 0.3 is 5.97 Å². The molecule has 0 aliphatic rings. The molecule has 0 fully saturated rings. The molecule has 21 heavy (non-hydrogen) atoms. The van der Waals surface area contributed by atoms with E-state index in [-0.39, 0.29) is 11.8 Å². The van der Waals surface area contributed by atoms with Crippen molar-refractivity contribution in [2.75, 3.05) is 6.54 Å². The number of hydrogen-bond donors (Lipinski definition) is 1. The Hall–Kier alpha value is -2.14. The van der Waals surface area contributed by atoms with Gasteiger partial charge in [0.05, 0.1) is 11.7 Å². The van der Waals surface area contributed by atoms with Gasteiger partial charge in [-0.1, -0.05) is 13.0 Å². The highest BCUT2D eigenvalue weighted by molar-refractivity contribution is 5.84. The number of carboxylic acid groups (broad SMARTS) is 1. The number of hydrogen-bond acceptors (Lipinski definition) is 4. The summed E-state index contributed by atoms with van der Waals surface area (Å²) in [5.41, 5.74) is 1.98. The first-order valence-corrected chi connectivity index (χ1v) is 7.01. The van der Waals surface area contributed by atoms with Crippen LogP contribution in [0, 0.1) is 6.92 Å². The lowest BCUT2D eigenvalue weighted by atomic mass is 10.2. The first-order chi connectivity index (χ1) is 10.0. The van der Waals surface area contributed by atoms with Gasteiger partial charge in [0.2, 0.25) is 5.76 Å². The van der Waals surface area contributed by atoms with Crippen molar-refractivity contribution in [2.45, 2.75) is 33.4 Å². The zero-order valence-electron chi connectivity index (χ0n) is 12.5. The van der Waals surface area contributed by atoms with Gasteiger partial charge in [-0.25, -0.2) is 4.79 Å². The summed E-state index contributed by atoms with van der Waals surface area (Å²) in [5, 5.41) is 8.92. The molecular formula is C16H20N2O3. The number of carboxylic acids is 1. The fraction of sp³-hybridized carbons (Fsp3) is 0.375. The molecule has 2 aromatic rings. The number of rotatable bonds is 6. The second-order valence-corrected chi connectivity index (χ2v) is 5.02. The van der Waals surface area contributed by atoms with E-state index in [0.717, 1.165) is 17.9 Å². The molecule has 1 N–H and O–H groups in total. The number of carbonyl (C=O) groups is 1. The molecule has 5 heteroatoms. The second kappa shape index (κ2) is 6.54. The second-order valence-electron chi connectivity index (χ2n) is 5.02. The van der Waals surface area contributed by atoms with Crippen LogP contribution in [0.15, 0.2) is 34.7 Å². The predicted molar refractivity (Wildman–Crippen MR) is 79.1 cm³/mol. The quantitative estimate of drug-likeness (QED) is 0.883. The summed E-state index contributed by atoms with van der Waals surface area (Å²) in [6, 6.07) is 9.16. The minimum absolute atomic E-state index is 0.00888. The smallest absolute Gasteiger partial charge is 0.371 e. The van der Waals surface area contributed by atoms with E-state index in [2.05, 4.69) is 16.8 Å². The highest BCUT2D eigenvalue weighted by atomic mass is 16.4. The molecule has 112 valence electrons. The van der Waals surface area contributed by atoms with Crippen molar-refractivity contribution in [3.8, 4) is 0 Å². The Balaban J connectivity index is 2.14. The Morgan fingerprint density at radius 2 is 2.14 bits per heavy atom. The van der Waals surface area contributed by atoms with Crippen LogP contribution in [0.2, 0.25) is 0 Å². The molecule has 0 radical (unpaired) electrons. The van der Waals surface area contributed by atoms with Gasteiger partial charge in [-0.3, -0.25) is 9.88 Å². The predicted octanol–water partition coefficient (Wildman–Crippen LogP) is 3.26. The average Bonchev–Trinajstić information content (AvgIpc) is 2.94. The van der Waals surface area contributed by atoms with Gasteiger partial charge in [0.15, 0.2) is 0 Å². The van der Waals surface area contributed by atoms with Crippen LogP contribution in [-0.2, 0) is 6.54 Å². The van der Waals surface area contributed by atoms with Crippen LogP contribution in [0.1, 0.15) is 47.6 Å². The summed E-state index contributed by atoms with van der Waals surface area (Å²) in [4.78, 5) is 17.6. The van der Waals surface area contributed by atoms with Crippen LogP contribution in [0.3, 0.4) is 0 Å². The van der Waals surface area contributed by atoms with Gasteiger partial charge in [0.1, 0.15) is 5.76 Å². The molecule has 1 atom stereocenters. The average molecular weight is 288 g/mol. The van der Waals surface area contributed by atoms with Crippen LogP contribution in [0.5, 0.6) is 0 Å². The van der Waals surface area contributed by atoms with Crippen LogP contribution < -0.4 is 0 Å². The lowest BCUT2D eigenvalue weighted by Gasteiger charge is -2.26. The van der Waals surface area contributed by atoms with Crippen LogP contribution >= 0.6 is 0 Å². The number of furan rings is 1. The molecule has 2 rings (SSSR count). The molecule has 2 aromatic heterocycles. The Labute approximate surface area is 124 Å². The van der Waals surface area contributed by atoms with Crippen LogP contribution in [0.25, 0.3) is 0 Å². The van der Waals surface area contributed by atoms with Crippen molar-refractivity contribution in [3.05, 3.63) is 53.2 Å². The molecule has 0 spiro atoms. The zero-order valence-corrected chi connectivity index (χ0v) is 12.5. The standard InChI is InChI=1S/C16H20N2O3/c1-4-18(10-13-7-5-6-11(2)17-13)12(3)14-8-9-15(21-14)16(19)20/h5-9,12H,4,10H2,1-3H3,(H,19,20). The SMILES string of the molecule is CCN(Cc1cccc(C)n1)C(C)c1ccc(C(=O)O)o1. The van der Waals surface area contributed by atoms with Gasteiger partial charge in [-0.2, -0.15) is 0 Å². The Kier molecular flexibility index (Phi) is 4.75. The van der Waals surface area contributed by atoms with Crippen molar-refractivity contribution < 1.29 is 14.3 Å². The largest absolute Gasteiger partial charge is 0.475 e. The molecule has 0 aromatic carbocycles. The van der Waals surface area contributed by atoms with E-state index < -0.39 is 5.97 Å². The lowest BCUT2D eigenvalue weighted by molar-refractivity contribution is 0.0655. The summed E-state index contributed by atoms with van der Waals surface area (Å²) < 4.78 is 5.39. The summed E-state index contributed by atoms with van der Waals surface area (Å²) in [6.07, 6.45) is 0. The molecule has 0 aliphatic heterocycles. The molecule has 0 bridgehead atoms. The Morgan fingerprint density at radius 1 is 1.38 bits per heavy atom. The highest BCUT2D eigenvalue weighted by Crippen LogP contribution is 2.23. The minimum Gasteiger partial charge on any atom is -0.475 e. The maximum atomic E-state index is 10.9. The van der Waals surface area contributed by atoms with E-state index in [0.29, 0.717) is 12.3 Å². The van der Waals surface area contributed by atoms with E-state index >= 15 is 0 Å². The van der Waals surface area contributed by atoms with Gasteiger partial charge in [0.25, 0.3) is 0 Å². The third kappa shape index (κ3) is 3.70. The summed E-state index contributed by atoms with van der Waals surface area (Å²) in [6.45, 7) is 7.55. The molecule has 1 unspecified atom stereocenters. The van der Waals surface area contributed by atoms with Crippen molar-refractivity contribution in [1.29, 1.82) is 0 Å². The van der Waals surface area contributed by atoms with Gasteiger partial charge in [0, 0.05) is 12.2 Å². The molecule has 0 saturated carbocycles. The summed E-state index contributed by atoms with van der Waals surface area (Å²) in [7, 11) is 0. The van der Waals surface area contributed by atoms with Gasteiger partial charge in [-0.05, 0) is 44.7 Å². The van der Waals surface area contributed by atoms with E-state index in [9.17, 15) is 4.79 Å². The molecule has 5 nitrogen and oxygen atoms in total. The fourth-order valence-corrected chi connectivity index (χ4v) is 2.29. The maximum absolute atomic E-state index is 10.9. The van der Waals surface area contributed by atoms with Crippen molar-refractivity contribution in [3.63, 3.8) is 0 Å². The first kappa shape index (κ1) is 15.3. The third-order valence-corrected chi connectivity index (χ3v) is 3.51. The van der Waals surface area contributed by atoms with Crippen molar-refractivity contribution in [1.82, 2.24) is 9.88 Å². The number of aromatic nitrogens is 1. The van der Waals surface area contributed by atoms with Crippen LogP contribution in [0.4, 0.5) is 0 Å². The molecule has 0 amide bonds. The fourth-order valence-electron chi connectivity index (χ4n) is 2.29. The van der Waals surface area contributed by atoms with Gasteiger partial charge < -0.3 is 9.52 Å². The Bertz CT molecular complexity index is 621. The van der Waals surface area contributed by atoms with Gasteiger partial charge in [-0.15, -0.1) is 0 Å². The zero-order chi connectivity index (χ0) is 15.4. The normalized spacial score (nSPS) is 12.6. The molecule has 0 saturated heterocycles. The van der Waals surface area contributed by atoms with Crippen molar-refractivity contribution in [2.24, 2.45) is 0 Å². The number of nitrogens with zero attached hydrogens (tertiary/aromatic N) is 2. The number of aryl methyl sites for hydroxylation is 1. The first-order valence-electron chi connectivity index (χ1n) is 7.01. The minimum atomic E-state index is -1.04. The lowest BCUT2D eigenvalue weighted by Crippen LogP contribution is -2.26. The van der Waals surface area contributed by atoms with E-state index in [1.165, 1.54) is 6.07 Å². The molecule has 0 aliphatic carbocycles. The molecule has 2 heterocycles. The molecular weight excluding hydrogens is 268 g/mol. The van der Waals surface area contributed by atoms with Crippen molar-refractivity contribution >= 4 is 5.97 Å². The topological polar surface area (TPSA) is 66.6 Å². The maximum Gasteiger partial charge on any atom is 0.371 e. The van der Waals surface area contributed by atoms with E-state index in [4.69, 9.17) is 9.52 Å².